The van der Waals surface area contributed by atoms with Gasteiger partial charge in [-0.05, 0) is 43.3 Å². The summed E-state index contributed by atoms with van der Waals surface area (Å²) in [5, 5.41) is 5.80. The number of nitrogens with zero attached hydrogens (tertiary/aromatic N) is 2. The predicted octanol–water partition coefficient (Wildman–Crippen LogP) is 3.58. The number of benzene rings is 2. The molecular weight excluding hydrogens is 372 g/mol. The highest BCUT2D eigenvalue weighted by Crippen LogP contribution is 2.20. The molecule has 8 nitrogen and oxygen atoms in total. The van der Waals surface area contributed by atoms with E-state index in [9.17, 15) is 9.59 Å². The van der Waals surface area contributed by atoms with Crippen molar-refractivity contribution >= 4 is 29.2 Å². The lowest BCUT2D eigenvalue weighted by atomic mass is 10.2. The molecule has 1 heterocycles. The fraction of sp³-hybridized carbons (Fsp3) is 0.143. The molecule has 148 valence electrons. The maximum Gasteiger partial charge on any atom is 0.337 e. The molecule has 0 atom stereocenters. The summed E-state index contributed by atoms with van der Waals surface area (Å²) < 4.78 is 9.90. The van der Waals surface area contributed by atoms with Gasteiger partial charge in [0.15, 0.2) is 0 Å². The van der Waals surface area contributed by atoms with Crippen molar-refractivity contribution in [3.05, 3.63) is 71.5 Å². The van der Waals surface area contributed by atoms with Gasteiger partial charge in [0, 0.05) is 23.1 Å². The van der Waals surface area contributed by atoms with Crippen molar-refractivity contribution in [1.29, 1.82) is 0 Å². The number of aromatic nitrogens is 2. The molecule has 0 aliphatic rings. The Morgan fingerprint density at radius 3 is 2.45 bits per heavy atom. The molecule has 0 saturated heterocycles. The van der Waals surface area contributed by atoms with E-state index in [4.69, 9.17) is 9.47 Å². The maximum absolute atomic E-state index is 12.7. The Hall–Kier alpha value is -3.94. The molecule has 1 aromatic heterocycles. The van der Waals surface area contributed by atoms with Crippen LogP contribution in [-0.2, 0) is 4.74 Å². The monoisotopic (exact) mass is 392 g/mol. The second-order valence-corrected chi connectivity index (χ2v) is 6.10. The van der Waals surface area contributed by atoms with Crippen LogP contribution in [0.4, 0.5) is 17.3 Å². The highest BCUT2D eigenvalue weighted by Gasteiger charge is 2.13. The largest absolute Gasteiger partial charge is 0.497 e. The van der Waals surface area contributed by atoms with Gasteiger partial charge in [0.2, 0.25) is 5.95 Å². The Bertz CT molecular complexity index is 1050. The number of methoxy groups -OCH3 is 2. The fourth-order valence-corrected chi connectivity index (χ4v) is 2.61. The van der Waals surface area contributed by atoms with E-state index in [0.717, 1.165) is 5.69 Å². The Kier molecular flexibility index (Phi) is 6.03. The van der Waals surface area contributed by atoms with E-state index in [2.05, 4.69) is 20.6 Å². The van der Waals surface area contributed by atoms with Gasteiger partial charge in [0.1, 0.15) is 11.4 Å². The predicted molar refractivity (Wildman–Crippen MR) is 109 cm³/mol. The normalized spacial score (nSPS) is 10.2. The van der Waals surface area contributed by atoms with E-state index in [-0.39, 0.29) is 11.6 Å². The summed E-state index contributed by atoms with van der Waals surface area (Å²) in [6.07, 6.45) is 0. The Labute approximate surface area is 167 Å². The summed E-state index contributed by atoms with van der Waals surface area (Å²) in [5.74, 6) is 0.0628. The van der Waals surface area contributed by atoms with Gasteiger partial charge >= 0.3 is 5.97 Å². The molecule has 0 fully saturated rings. The van der Waals surface area contributed by atoms with Crippen LogP contribution in [-0.4, -0.2) is 36.1 Å². The molecule has 0 unspecified atom stereocenters. The third kappa shape index (κ3) is 5.07. The van der Waals surface area contributed by atoms with Gasteiger partial charge in [-0.2, -0.15) is 0 Å². The maximum atomic E-state index is 12.7. The summed E-state index contributed by atoms with van der Waals surface area (Å²) in [6, 6.07) is 15.3. The van der Waals surface area contributed by atoms with Crippen molar-refractivity contribution < 1.29 is 19.1 Å². The first-order valence-corrected chi connectivity index (χ1v) is 8.75. The summed E-state index contributed by atoms with van der Waals surface area (Å²) in [6.45, 7) is 1.77. The first kappa shape index (κ1) is 19.8. The van der Waals surface area contributed by atoms with E-state index < -0.39 is 11.9 Å². The molecule has 2 N–H and O–H groups in total. The molecule has 0 radical (unpaired) electrons. The van der Waals surface area contributed by atoms with Crippen LogP contribution in [0.2, 0.25) is 0 Å². The second kappa shape index (κ2) is 8.83. The number of amides is 1. The lowest BCUT2D eigenvalue weighted by molar-refractivity contribution is 0.0600. The number of hydrogen-bond donors (Lipinski definition) is 2. The number of carbonyl (C=O) groups excluding carboxylic acids is 2. The first-order chi connectivity index (χ1) is 14.0. The molecule has 29 heavy (non-hydrogen) atoms. The Morgan fingerprint density at radius 2 is 1.69 bits per heavy atom. The van der Waals surface area contributed by atoms with Crippen molar-refractivity contribution in [1.82, 2.24) is 9.97 Å². The Balaban J connectivity index is 1.80. The second-order valence-electron chi connectivity index (χ2n) is 6.10. The topological polar surface area (TPSA) is 102 Å². The van der Waals surface area contributed by atoms with Crippen LogP contribution in [0.5, 0.6) is 5.75 Å². The molecular formula is C21H20N4O4. The minimum absolute atomic E-state index is 0.186. The quantitative estimate of drug-likeness (QED) is 0.618. The van der Waals surface area contributed by atoms with E-state index >= 15 is 0 Å². The minimum atomic E-state index is -0.483. The standard InChI is InChI=1S/C21H20N4O4/c1-13-10-18(19(26)23-15-7-4-6-14(11-15)20(27)29-3)25-21(22-13)24-16-8-5-9-17(12-16)28-2/h4-12H,1-3H3,(H,23,26)(H,22,24,25). The van der Waals surface area contributed by atoms with Crippen LogP contribution in [0.3, 0.4) is 0 Å². The van der Waals surface area contributed by atoms with Gasteiger partial charge in [-0.3, -0.25) is 4.79 Å². The van der Waals surface area contributed by atoms with Crippen LogP contribution >= 0.6 is 0 Å². The molecule has 2 aromatic carbocycles. The lowest BCUT2D eigenvalue weighted by Gasteiger charge is -2.10. The number of rotatable bonds is 6. The van der Waals surface area contributed by atoms with Gasteiger partial charge in [-0.1, -0.05) is 12.1 Å². The third-order valence-electron chi connectivity index (χ3n) is 3.95. The lowest BCUT2D eigenvalue weighted by Crippen LogP contribution is -2.16. The number of ether oxygens (including phenoxy) is 2. The van der Waals surface area contributed by atoms with Gasteiger partial charge in [-0.15, -0.1) is 0 Å². The van der Waals surface area contributed by atoms with Crippen LogP contribution in [0.25, 0.3) is 0 Å². The zero-order valence-electron chi connectivity index (χ0n) is 16.2. The average molecular weight is 392 g/mol. The highest BCUT2D eigenvalue weighted by atomic mass is 16.5. The van der Waals surface area contributed by atoms with Crippen LogP contribution in [0.1, 0.15) is 26.5 Å². The molecule has 3 aromatic rings. The highest BCUT2D eigenvalue weighted by molar-refractivity contribution is 6.03. The smallest absolute Gasteiger partial charge is 0.337 e. The van der Waals surface area contributed by atoms with E-state index in [1.54, 1.807) is 44.4 Å². The number of anilines is 3. The van der Waals surface area contributed by atoms with Crippen LogP contribution < -0.4 is 15.4 Å². The third-order valence-corrected chi connectivity index (χ3v) is 3.95. The zero-order chi connectivity index (χ0) is 20.8. The number of nitrogens with one attached hydrogen (secondary N) is 2. The summed E-state index contributed by atoms with van der Waals surface area (Å²) in [5.41, 5.74) is 2.33. The molecule has 0 aliphatic carbocycles. The number of esters is 1. The van der Waals surface area contributed by atoms with Crippen LogP contribution in [0, 0.1) is 6.92 Å². The summed E-state index contributed by atoms with van der Waals surface area (Å²) in [7, 11) is 2.88. The summed E-state index contributed by atoms with van der Waals surface area (Å²) >= 11 is 0. The SMILES string of the molecule is COC(=O)c1cccc(NC(=O)c2cc(C)nc(Nc3cccc(OC)c3)n2)c1. The molecule has 0 saturated carbocycles. The molecule has 1 amide bonds. The fourth-order valence-electron chi connectivity index (χ4n) is 2.61. The molecule has 0 bridgehead atoms. The Morgan fingerprint density at radius 1 is 0.931 bits per heavy atom. The van der Waals surface area contributed by atoms with Crippen molar-refractivity contribution in [3.8, 4) is 5.75 Å². The van der Waals surface area contributed by atoms with E-state index in [1.165, 1.54) is 13.2 Å². The van der Waals surface area contributed by atoms with E-state index in [0.29, 0.717) is 22.7 Å². The average Bonchev–Trinajstić information content (AvgIpc) is 2.73. The number of carbonyl (C=O) groups is 2. The zero-order valence-corrected chi connectivity index (χ0v) is 16.2. The molecule has 0 aliphatic heterocycles. The van der Waals surface area contributed by atoms with Gasteiger partial charge in [-0.25, -0.2) is 14.8 Å². The van der Waals surface area contributed by atoms with Crippen molar-refractivity contribution in [3.63, 3.8) is 0 Å². The number of hydrogen-bond acceptors (Lipinski definition) is 7. The van der Waals surface area contributed by atoms with Gasteiger partial charge in [0.05, 0.1) is 19.8 Å². The summed E-state index contributed by atoms with van der Waals surface area (Å²) in [4.78, 5) is 32.9. The van der Waals surface area contributed by atoms with Crippen molar-refractivity contribution in [2.24, 2.45) is 0 Å². The first-order valence-electron chi connectivity index (χ1n) is 8.75. The van der Waals surface area contributed by atoms with Crippen molar-refractivity contribution in [2.75, 3.05) is 24.9 Å². The van der Waals surface area contributed by atoms with Crippen molar-refractivity contribution in [2.45, 2.75) is 6.92 Å². The van der Waals surface area contributed by atoms with Gasteiger partial charge < -0.3 is 20.1 Å². The minimum Gasteiger partial charge on any atom is -0.497 e. The molecule has 0 spiro atoms. The molecule has 8 heteroatoms. The molecule has 3 rings (SSSR count). The van der Waals surface area contributed by atoms with Gasteiger partial charge in [0.25, 0.3) is 5.91 Å². The van der Waals surface area contributed by atoms with Crippen LogP contribution in [0.15, 0.2) is 54.6 Å². The number of aryl methyl sites for hydroxylation is 1. The van der Waals surface area contributed by atoms with E-state index in [1.807, 2.05) is 18.2 Å².